The minimum absolute atomic E-state index is 0.0806. The van der Waals surface area contributed by atoms with Crippen LogP contribution in [0.3, 0.4) is 0 Å². The van der Waals surface area contributed by atoms with Gasteiger partial charge in [-0.3, -0.25) is 19.1 Å². The van der Waals surface area contributed by atoms with E-state index in [0.29, 0.717) is 18.7 Å². The van der Waals surface area contributed by atoms with Crippen LogP contribution in [0, 0.1) is 4.77 Å². The van der Waals surface area contributed by atoms with Crippen LogP contribution in [-0.2, 0) is 11.2 Å². The summed E-state index contributed by atoms with van der Waals surface area (Å²) < 4.78 is 2.37. The summed E-state index contributed by atoms with van der Waals surface area (Å²) in [4.78, 5) is 29.6. The van der Waals surface area contributed by atoms with Crippen molar-refractivity contribution in [2.24, 2.45) is 0 Å². The van der Waals surface area contributed by atoms with Crippen LogP contribution < -0.4 is 5.56 Å². The molecule has 0 spiro atoms. The third-order valence-corrected chi connectivity index (χ3v) is 5.98. The molecule has 0 unspecified atom stereocenters. The number of nitrogens with zero attached hydrogens (tertiary/aromatic N) is 2. The van der Waals surface area contributed by atoms with Crippen molar-refractivity contribution in [3.05, 3.63) is 84.8 Å². The normalized spacial score (nSPS) is 15.8. The first-order valence-electron chi connectivity index (χ1n) is 9.07. The van der Waals surface area contributed by atoms with Crippen LogP contribution in [0.5, 0.6) is 5.88 Å². The fourth-order valence-corrected chi connectivity index (χ4v) is 4.38. The minimum Gasteiger partial charge on any atom is -0.494 e. The van der Waals surface area contributed by atoms with Crippen LogP contribution in [0.2, 0.25) is 0 Å². The number of halogens is 1. The number of aromatic amines is 1. The summed E-state index contributed by atoms with van der Waals surface area (Å²) in [6.07, 6.45) is 0.691. The number of aromatic hydroxyl groups is 1. The van der Waals surface area contributed by atoms with Gasteiger partial charge < -0.3 is 10.0 Å². The lowest BCUT2D eigenvalue weighted by Crippen LogP contribution is -2.41. The van der Waals surface area contributed by atoms with Crippen molar-refractivity contribution in [1.82, 2.24) is 14.5 Å². The number of nitrogens with one attached hydrogen (secondary N) is 1. The Morgan fingerprint density at radius 2 is 1.90 bits per heavy atom. The fraction of sp³-hybridized carbons (Fsp3) is 0.190. The quantitative estimate of drug-likeness (QED) is 0.556. The number of H-pyrrole nitrogens is 1. The van der Waals surface area contributed by atoms with E-state index in [1.807, 2.05) is 36.4 Å². The number of rotatable bonds is 2. The summed E-state index contributed by atoms with van der Waals surface area (Å²) in [6.45, 7) is 1.93. The number of carbonyl (C=O) groups excluding carboxylic acids is 1. The van der Waals surface area contributed by atoms with Crippen molar-refractivity contribution in [3.8, 4) is 11.6 Å². The number of hydrogen-bond acceptors (Lipinski definition) is 4. The Labute approximate surface area is 180 Å². The van der Waals surface area contributed by atoms with Crippen LogP contribution in [-0.4, -0.2) is 32.0 Å². The molecule has 2 heterocycles. The summed E-state index contributed by atoms with van der Waals surface area (Å²) in [5.41, 5.74) is 2.07. The van der Waals surface area contributed by atoms with E-state index >= 15 is 0 Å². The van der Waals surface area contributed by atoms with Crippen molar-refractivity contribution in [3.63, 3.8) is 0 Å². The molecule has 148 valence electrons. The summed E-state index contributed by atoms with van der Waals surface area (Å²) >= 11 is 8.70. The van der Waals surface area contributed by atoms with Gasteiger partial charge in [0.05, 0.1) is 11.7 Å². The molecule has 4 rings (SSSR count). The highest BCUT2D eigenvalue weighted by Crippen LogP contribution is 2.37. The second kappa shape index (κ2) is 7.61. The molecule has 1 aliphatic rings. The van der Waals surface area contributed by atoms with E-state index < -0.39 is 11.6 Å². The maximum atomic E-state index is 12.9. The average Bonchev–Trinajstić information content (AvgIpc) is 2.69. The number of aromatic nitrogens is 2. The maximum absolute atomic E-state index is 12.9. The van der Waals surface area contributed by atoms with Crippen LogP contribution in [0.1, 0.15) is 29.7 Å². The molecule has 1 atom stereocenters. The Balaban J connectivity index is 2.00. The zero-order valence-corrected chi connectivity index (χ0v) is 18.0. The number of benzene rings is 2. The van der Waals surface area contributed by atoms with Gasteiger partial charge >= 0.3 is 0 Å². The van der Waals surface area contributed by atoms with E-state index in [1.165, 1.54) is 11.5 Å². The number of amides is 1. The van der Waals surface area contributed by atoms with Gasteiger partial charge in [0.15, 0.2) is 4.77 Å². The van der Waals surface area contributed by atoms with Gasteiger partial charge in [-0.15, -0.1) is 0 Å². The lowest BCUT2D eigenvalue weighted by atomic mass is 9.89. The van der Waals surface area contributed by atoms with Gasteiger partial charge in [-0.1, -0.05) is 40.2 Å². The molecule has 0 saturated heterocycles. The molecule has 2 aromatic carbocycles. The number of carbonyl (C=O) groups is 1. The molecule has 29 heavy (non-hydrogen) atoms. The van der Waals surface area contributed by atoms with E-state index in [9.17, 15) is 14.7 Å². The van der Waals surface area contributed by atoms with Crippen molar-refractivity contribution in [2.75, 3.05) is 6.54 Å². The molecule has 0 fully saturated rings. The molecular weight excluding hydrogens is 454 g/mol. The fourth-order valence-electron chi connectivity index (χ4n) is 3.83. The second-order valence-electron chi connectivity index (χ2n) is 6.87. The van der Waals surface area contributed by atoms with Crippen molar-refractivity contribution in [1.29, 1.82) is 0 Å². The van der Waals surface area contributed by atoms with Gasteiger partial charge in [0.1, 0.15) is 5.56 Å². The lowest BCUT2D eigenvalue weighted by molar-refractivity contribution is -0.130. The van der Waals surface area contributed by atoms with Gasteiger partial charge in [-0.25, -0.2) is 0 Å². The van der Waals surface area contributed by atoms with E-state index in [4.69, 9.17) is 12.2 Å². The Morgan fingerprint density at radius 3 is 2.59 bits per heavy atom. The largest absolute Gasteiger partial charge is 0.494 e. The molecule has 3 aromatic rings. The SMILES string of the molecule is CC(=O)N1CCc2ccccc2[C@@H]1c1c(O)n(-c2ccc(Br)cc2)c(=S)[nH]c1=O. The highest BCUT2D eigenvalue weighted by molar-refractivity contribution is 9.10. The maximum Gasteiger partial charge on any atom is 0.261 e. The molecule has 1 aliphatic heterocycles. The van der Waals surface area contributed by atoms with Crippen LogP contribution in [0.15, 0.2) is 57.8 Å². The Bertz CT molecular complexity index is 1220. The molecule has 8 heteroatoms. The summed E-state index contributed by atoms with van der Waals surface area (Å²) in [5.74, 6) is -0.435. The molecule has 0 aliphatic carbocycles. The van der Waals surface area contributed by atoms with Gasteiger partial charge in [0.2, 0.25) is 11.8 Å². The van der Waals surface area contributed by atoms with Crippen molar-refractivity contribution >= 4 is 34.1 Å². The monoisotopic (exact) mass is 471 g/mol. The third kappa shape index (κ3) is 3.42. The number of fused-ring (bicyclic) bond motifs is 1. The second-order valence-corrected chi connectivity index (χ2v) is 8.17. The van der Waals surface area contributed by atoms with E-state index in [0.717, 1.165) is 15.6 Å². The van der Waals surface area contributed by atoms with E-state index in [-0.39, 0.29) is 22.1 Å². The minimum atomic E-state index is -0.696. The molecule has 6 nitrogen and oxygen atoms in total. The van der Waals surface area contributed by atoms with Crippen LogP contribution in [0.4, 0.5) is 0 Å². The average molecular weight is 472 g/mol. The van der Waals surface area contributed by atoms with E-state index in [1.54, 1.807) is 17.0 Å². The molecule has 1 aromatic heterocycles. The summed E-state index contributed by atoms with van der Waals surface area (Å²) in [7, 11) is 0. The standard InChI is InChI=1S/C21H18BrN3O3S/c1-12(26)24-11-10-13-4-2-3-5-16(13)18(24)17-19(27)23-21(29)25(20(17)28)15-8-6-14(22)7-9-15/h2-9,18,28H,10-11H2,1H3,(H,23,27,29)/t18-/m1/s1. The molecule has 2 N–H and O–H groups in total. The predicted molar refractivity (Wildman–Crippen MR) is 116 cm³/mol. The smallest absolute Gasteiger partial charge is 0.261 e. The van der Waals surface area contributed by atoms with Crippen LogP contribution >= 0.6 is 28.1 Å². The zero-order chi connectivity index (χ0) is 20.7. The van der Waals surface area contributed by atoms with Gasteiger partial charge in [0.25, 0.3) is 5.56 Å². The summed E-state index contributed by atoms with van der Waals surface area (Å²) in [5, 5.41) is 11.2. The Morgan fingerprint density at radius 1 is 1.21 bits per heavy atom. The van der Waals surface area contributed by atoms with Gasteiger partial charge in [-0.05, 0) is 54.0 Å². The highest BCUT2D eigenvalue weighted by atomic mass is 79.9. The predicted octanol–water partition coefficient (Wildman–Crippen LogP) is 3.86. The first kappa shape index (κ1) is 19.6. The molecule has 0 saturated carbocycles. The summed E-state index contributed by atoms with van der Waals surface area (Å²) in [6, 6.07) is 14.2. The number of hydrogen-bond donors (Lipinski definition) is 2. The highest BCUT2D eigenvalue weighted by Gasteiger charge is 2.35. The first-order chi connectivity index (χ1) is 13.9. The van der Waals surface area contributed by atoms with Gasteiger partial charge in [0, 0.05) is 17.9 Å². The Hall–Kier alpha value is -2.71. The van der Waals surface area contributed by atoms with Crippen molar-refractivity contribution in [2.45, 2.75) is 19.4 Å². The topological polar surface area (TPSA) is 78.3 Å². The van der Waals surface area contributed by atoms with Gasteiger partial charge in [-0.2, -0.15) is 0 Å². The molecule has 0 radical (unpaired) electrons. The van der Waals surface area contributed by atoms with Crippen LogP contribution in [0.25, 0.3) is 5.69 Å². The third-order valence-electron chi connectivity index (χ3n) is 5.17. The zero-order valence-electron chi connectivity index (χ0n) is 15.6. The molecule has 0 bridgehead atoms. The molecule has 1 amide bonds. The first-order valence-corrected chi connectivity index (χ1v) is 10.3. The molecular formula is C21H18BrN3O3S. The Kier molecular flexibility index (Phi) is 5.14. The van der Waals surface area contributed by atoms with Crippen molar-refractivity contribution < 1.29 is 9.90 Å². The van der Waals surface area contributed by atoms with E-state index in [2.05, 4.69) is 20.9 Å². The lowest BCUT2D eigenvalue weighted by Gasteiger charge is -2.37.